The molecule has 2 aromatic rings. The van der Waals surface area contributed by atoms with Crippen molar-refractivity contribution in [2.45, 2.75) is 0 Å². The van der Waals surface area contributed by atoms with Crippen LogP contribution in [0.1, 0.15) is 11.1 Å². The van der Waals surface area contributed by atoms with E-state index in [1.165, 1.54) is 4.31 Å². The van der Waals surface area contributed by atoms with Crippen LogP contribution in [0.4, 0.5) is 5.69 Å². The summed E-state index contributed by atoms with van der Waals surface area (Å²) in [5.41, 5.74) is 1.92. The van der Waals surface area contributed by atoms with Crippen LogP contribution in [0.25, 0.3) is 6.08 Å². The van der Waals surface area contributed by atoms with E-state index in [4.69, 9.17) is 5.26 Å². The van der Waals surface area contributed by atoms with Gasteiger partial charge in [-0.3, -0.25) is 4.31 Å². The molecule has 0 unspecified atom stereocenters. The van der Waals surface area contributed by atoms with E-state index < -0.39 is 10.0 Å². The summed E-state index contributed by atoms with van der Waals surface area (Å²) in [6.07, 6.45) is 4.81. The smallest absolute Gasteiger partial charge is 0.232 e. The molecule has 112 valence electrons. The van der Waals surface area contributed by atoms with Gasteiger partial charge in [-0.1, -0.05) is 48.6 Å². The molecule has 0 saturated carbocycles. The highest BCUT2D eigenvalue weighted by molar-refractivity contribution is 7.92. The van der Waals surface area contributed by atoms with Gasteiger partial charge in [0.25, 0.3) is 0 Å². The molecule has 0 atom stereocenters. The first-order valence-electron chi connectivity index (χ1n) is 6.70. The fraction of sp³-hybridized carbons (Fsp3) is 0.118. The van der Waals surface area contributed by atoms with Gasteiger partial charge in [0, 0.05) is 0 Å². The molecular weight excluding hydrogens is 296 g/mol. The Labute approximate surface area is 131 Å². The first-order chi connectivity index (χ1) is 10.5. The average Bonchev–Trinajstić information content (AvgIpc) is 2.51. The molecular formula is C17H16N2O2S. The van der Waals surface area contributed by atoms with Crippen molar-refractivity contribution in [2.24, 2.45) is 0 Å². The van der Waals surface area contributed by atoms with Gasteiger partial charge in [0.15, 0.2) is 0 Å². The molecule has 5 heteroatoms. The Bertz CT molecular complexity index is 806. The summed E-state index contributed by atoms with van der Waals surface area (Å²) in [5, 5.41) is 8.94. The molecule has 0 amide bonds. The predicted molar refractivity (Wildman–Crippen MR) is 88.8 cm³/mol. The van der Waals surface area contributed by atoms with Gasteiger partial charge in [0.05, 0.1) is 30.1 Å². The lowest BCUT2D eigenvalue weighted by Gasteiger charge is -2.20. The lowest BCUT2D eigenvalue weighted by molar-refractivity contribution is 0.599. The van der Waals surface area contributed by atoms with E-state index in [1.54, 1.807) is 30.3 Å². The molecule has 0 fully saturated rings. The molecule has 0 radical (unpaired) electrons. The van der Waals surface area contributed by atoms with Crippen molar-refractivity contribution in [2.75, 3.05) is 17.1 Å². The topological polar surface area (TPSA) is 61.2 Å². The van der Waals surface area contributed by atoms with Crippen LogP contribution in [0.3, 0.4) is 0 Å². The standard InChI is InChI=1S/C17H16N2O2S/c1-22(20,21)19(17-11-5-9-16(13-17)14-18)12-6-10-15-7-3-2-4-8-15/h2-11,13H,12H2,1H3/b10-6-. The second kappa shape index (κ2) is 6.92. The molecule has 0 bridgehead atoms. The summed E-state index contributed by atoms with van der Waals surface area (Å²) < 4.78 is 25.2. The maximum Gasteiger partial charge on any atom is 0.232 e. The molecule has 0 aliphatic heterocycles. The van der Waals surface area contributed by atoms with Crippen molar-refractivity contribution in [3.05, 3.63) is 71.8 Å². The van der Waals surface area contributed by atoms with Crippen molar-refractivity contribution < 1.29 is 8.42 Å². The van der Waals surface area contributed by atoms with E-state index in [0.717, 1.165) is 11.8 Å². The monoisotopic (exact) mass is 312 g/mol. The summed E-state index contributed by atoms with van der Waals surface area (Å²) in [7, 11) is -3.42. The minimum Gasteiger partial charge on any atom is -0.267 e. The molecule has 0 aliphatic carbocycles. The minimum atomic E-state index is -3.42. The summed E-state index contributed by atoms with van der Waals surface area (Å²) >= 11 is 0. The van der Waals surface area contributed by atoms with Crippen LogP contribution in [0.15, 0.2) is 60.7 Å². The summed E-state index contributed by atoms with van der Waals surface area (Å²) in [5.74, 6) is 0. The van der Waals surface area contributed by atoms with E-state index in [1.807, 2.05) is 42.5 Å². The summed E-state index contributed by atoms with van der Waals surface area (Å²) in [6.45, 7) is 0.211. The van der Waals surface area contributed by atoms with Crippen molar-refractivity contribution in [1.82, 2.24) is 0 Å². The lowest BCUT2D eigenvalue weighted by Crippen LogP contribution is -2.29. The zero-order valence-corrected chi connectivity index (χ0v) is 13.0. The Hall–Kier alpha value is -2.58. The molecule has 0 spiro atoms. The molecule has 22 heavy (non-hydrogen) atoms. The Morgan fingerprint density at radius 1 is 1.14 bits per heavy atom. The van der Waals surface area contributed by atoms with Gasteiger partial charge in [-0.25, -0.2) is 8.42 Å². The van der Waals surface area contributed by atoms with Gasteiger partial charge in [0.2, 0.25) is 10.0 Å². The molecule has 4 nitrogen and oxygen atoms in total. The van der Waals surface area contributed by atoms with E-state index in [0.29, 0.717) is 11.3 Å². The zero-order valence-electron chi connectivity index (χ0n) is 12.2. The van der Waals surface area contributed by atoms with Crippen LogP contribution >= 0.6 is 0 Å². The summed E-state index contributed by atoms with van der Waals surface area (Å²) in [4.78, 5) is 0. The van der Waals surface area contributed by atoms with Gasteiger partial charge in [-0.2, -0.15) is 5.26 Å². The zero-order chi connectivity index (χ0) is 16.0. The number of hydrogen-bond donors (Lipinski definition) is 0. The second-order valence-corrected chi connectivity index (χ2v) is 6.68. The number of sulfonamides is 1. The lowest BCUT2D eigenvalue weighted by atomic mass is 10.2. The van der Waals surface area contributed by atoms with Crippen molar-refractivity contribution in [1.29, 1.82) is 5.26 Å². The van der Waals surface area contributed by atoms with Gasteiger partial charge >= 0.3 is 0 Å². The number of nitrogens with zero attached hydrogens (tertiary/aromatic N) is 2. The first-order valence-corrected chi connectivity index (χ1v) is 8.55. The van der Waals surface area contributed by atoms with E-state index in [9.17, 15) is 8.42 Å². The number of benzene rings is 2. The van der Waals surface area contributed by atoms with Crippen molar-refractivity contribution in [3.8, 4) is 6.07 Å². The van der Waals surface area contributed by atoms with Crippen LogP contribution in [-0.4, -0.2) is 21.2 Å². The SMILES string of the molecule is CS(=O)(=O)N(C/C=C\c1ccccc1)c1cccc(C#N)c1. The fourth-order valence-corrected chi connectivity index (χ4v) is 2.86. The van der Waals surface area contributed by atoms with Crippen molar-refractivity contribution in [3.63, 3.8) is 0 Å². The highest BCUT2D eigenvalue weighted by Crippen LogP contribution is 2.19. The number of nitriles is 1. The van der Waals surface area contributed by atoms with Crippen LogP contribution in [-0.2, 0) is 10.0 Å². The summed E-state index contributed by atoms with van der Waals surface area (Å²) in [6, 6.07) is 18.2. The van der Waals surface area contributed by atoms with Crippen LogP contribution in [0.2, 0.25) is 0 Å². The Kier molecular flexibility index (Phi) is 4.97. The van der Waals surface area contributed by atoms with Gasteiger partial charge in [-0.15, -0.1) is 0 Å². The second-order valence-electron chi connectivity index (χ2n) is 4.77. The Morgan fingerprint density at radius 2 is 1.86 bits per heavy atom. The number of hydrogen-bond acceptors (Lipinski definition) is 3. The molecule has 0 N–H and O–H groups in total. The first kappa shape index (κ1) is 15.8. The molecule has 2 rings (SSSR count). The van der Waals surface area contributed by atoms with Crippen LogP contribution in [0.5, 0.6) is 0 Å². The Morgan fingerprint density at radius 3 is 2.50 bits per heavy atom. The number of rotatable bonds is 5. The average molecular weight is 312 g/mol. The largest absolute Gasteiger partial charge is 0.267 e. The Balaban J connectivity index is 2.25. The molecule has 0 aliphatic rings. The van der Waals surface area contributed by atoms with E-state index in [2.05, 4.69) is 0 Å². The van der Waals surface area contributed by atoms with E-state index in [-0.39, 0.29) is 6.54 Å². The quantitative estimate of drug-likeness (QED) is 0.852. The molecule has 2 aromatic carbocycles. The molecule has 0 saturated heterocycles. The third-order valence-corrected chi connectivity index (χ3v) is 4.21. The molecule has 0 heterocycles. The van der Waals surface area contributed by atoms with Crippen LogP contribution < -0.4 is 4.31 Å². The van der Waals surface area contributed by atoms with Crippen LogP contribution in [0, 0.1) is 11.3 Å². The fourth-order valence-electron chi connectivity index (χ4n) is 2.01. The highest BCUT2D eigenvalue weighted by Gasteiger charge is 2.16. The van der Waals surface area contributed by atoms with Gasteiger partial charge < -0.3 is 0 Å². The maximum atomic E-state index is 12.0. The van der Waals surface area contributed by atoms with Gasteiger partial charge in [-0.05, 0) is 23.8 Å². The minimum absolute atomic E-state index is 0.211. The van der Waals surface area contributed by atoms with Gasteiger partial charge in [0.1, 0.15) is 0 Å². The maximum absolute atomic E-state index is 12.0. The third-order valence-electron chi connectivity index (χ3n) is 3.04. The normalized spacial score (nSPS) is 11.3. The molecule has 0 aromatic heterocycles. The number of anilines is 1. The predicted octanol–water partition coefficient (Wildman–Crippen LogP) is 3.04. The third kappa shape index (κ3) is 4.21. The van der Waals surface area contributed by atoms with Crippen molar-refractivity contribution >= 4 is 21.8 Å². The van der Waals surface area contributed by atoms with E-state index >= 15 is 0 Å². The highest BCUT2D eigenvalue weighted by atomic mass is 32.2.